The summed E-state index contributed by atoms with van der Waals surface area (Å²) in [6.45, 7) is 3.22. The molecule has 1 aromatic rings. The Balaban J connectivity index is 1.42. The molecule has 29 heavy (non-hydrogen) atoms. The Kier molecular flexibility index (Phi) is 5.78. The molecule has 0 spiro atoms. The van der Waals surface area contributed by atoms with E-state index in [1.807, 2.05) is 48.6 Å². The average Bonchev–Trinajstić information content (AvgIpc) is 3.23. The molecule has 0 saturated carbocycles. The van der Waals surface area contributed by atoms with Crippen molar-refractivity contribution in [3.8, 4) is 0 Å². The number of likely N-dealkylation sites (tertiary alicyclic amines) is 1. The maximum atomic E-state index is 12.6. The molecule has 1 N–H and O–H groups in total. The second-order valence-corrected chi connectivity index (χ2v) is 7.41. The second-order valence-electron chi connectivity index (χ2n) is 7.41. The molecule has 150 valence electrons. The van der Waals surface area contributed by atoms with Gasteiger partial charge in [0.25, 0.3) is 5.91 Å². The molecule has 2 aliphatic heterocycles. The number of nitrogens with zero attached hydrogens (tertiary/aromatic N) is 3. The molecular weight excluding hydrogens is 368 g/mol. The summed E-state index contributed by atoms with van der Waals surface area (Å²) in [5, 5.41) is 10.9. The van der Waals surface area contributed by atoms with Gasteiger partial charge in [0, 0.05) is 31.5 Å². The van der Waals surface area contributed by atoms with Crippen molar-refractivity contribution in [1.82, 2.24) is 4.90 Å². The molecule has 7 nitrogen and oxygen atoms in total. The van der Waals surface area contributed by atoms with E-state index in [0.29, 0.717) is 12.3 Å². The average molecular weight is 392 g/mol. The van der Waals surface area contributed by atoms with Crippen molar-refractivity contribution in [2.75, 3.05) is 38.7 Å². The van der Waals surface area contributed by atoms with Crippen LogP contribution in [0.25, 0.3) is 5.70 Å². The van der Waals surface area contributed by atoms with Crippen LogP contribution in [0.5, 0.6) is 0 Å². The quantitative estimate of drug-likeness (QED) is 0.807. The first kappa shape index (κ1) is 19.4. The summed E-state index contributed by atoms with van der Waals surface area (Å²) < 4.78 is 5.11. The van der Waals surface area contributed by atoms with Crippen LogP contribution in [0.3, 0.4) is 0 Å². The normalized spacial score (nSPS) is 23.6. The molecule has 7 heteroatoms. The van der Waals surface area contributed by atoms with Crippen LogP contribution in [0.1, 0.15) is 12.0 Å². The molecule has 2 unspecified atom stereocenters. The Morgan fingerprint density at radius 1 is 1.24 bits per heavy atom. The summed E-state index contributed by atoms with van der Waals surface area (Å²) >= 11 is 0. The van der Waals surface area contributed by atoms with Crippen LogP contribution in [-0.4, -0.2) is 50.1 Å². The maximum Gasteiger partial charge on any atom is 0.276 e. The zero-order chi connectivity index (χ0) is 20.2. The number of carbonyl (C=O) groups is 2. The van der Waals surface area contributed by atoms with Gasteiger partial charge in [-0.15, -0.1) is 10.2 Å². The summed E-state index contributed by atoms with van der Waals surface area (Å²) in [4.78, 5) is 26.8. The van der Waals surface area contributed by atoms with Crippen molar-refractivity contribution in [2.24, 2.45) is 22.1 Å². The lowest BCUT2D eigenvalue weighted by atomic mass is 9.89. The third-order valence-electron chi connectivity index (χ3n) is 5.49. The highest BCUT2D eigenvalue weighted by molar-refractivity contribution is 5.94. The molecule has 3 aliphatic rings. The molecular formula is C22H24N4O3. The molecule has 0 bridgehead atoms. The van der Waals surface area contributed by atoms with Crippen molar-refractivity contribution in [2.45, 2.75) is 6.42 Å². The van der Waals surface area contributed by atoms with Gasteiger partial charge in [0.15, 0.2) is 0 Å². The summed E-state index contributed by atoms with van der Waals surface area (Å²) in [6, 6.07) is 7.52. The van der Waals surface area contributed by atoms with Crippen molar-refractivity contribution in [3.05, 3.63) is 59.7 Å². The van der Waals surface area contributed by atoms with Crippen LogP contribution >= 0.6 is 0 Å². The molecule has 2 amide bonds. The topological polar surface area (TPSA) is 83.4 Å². The molecule has 1 aliphatic carbocycles. The standard InChI is InChI=1S/C22H24N4O3/c1-29-13-12-26-11-10-16(14-26)21(27)23-17-8-6-15(7-9-17)20-18-4-2-3-5-19(18)22(28)25-24-20/h2-9,16,19H,10-14H2,1H3,(H,23,27). The Morgan fingerprint density at radius 2 is 2.07 bits per heavy atom. The van der Waals surface area contributed by atoms with Gasteiger partial charge in [-0.2, -0.15) is 0 Å². The third-order valence-corrected chi connectivity index (χ3v) is 5.49. The number of nitrogens with one attached hydrogen (secondary N) is 1. The number of amides is 2. The zero-order valence-electron chi connectivity index (χ0n) is 16.4. The minimum Gasteiger partial charge on any atom is -0.383 e. The number of azo groups is 1. The molecule has 2 heterocycles. The van der Waals surface area contributed by atoms with Gasteiger partial charge in [-0.1, -0.05) is 36.4 Å². The van der Waals surface area contributed by atoms with Crippen molar-refractivity contribution in [1.29, 1.82) is 0 Å². The minimum absolute atomic E-state index is 0.00505. The van der Waals surface area contributed by atoms with Crippen LogP contribution in [0, 0.1) is 11.8 Å². The number of ether oxygens (including phenoxy) is 1. The van der Waals surface area contributed by atoms with Crippen LogP contribution in [-0.2, 0) is 14.3 Å². The first-order chi connectivity index (χ1) is 14.2. The van der Waals surface area contributed by atoms with E-state index < -0.39 is 0 Å². The number of fused-ring (bicyclic) bond motifs is 1. The monoisotopic (exact) mass is 392 g/mol. The van der Waals surface area contributed by atoms with E-state index in [1.54, 1.807) is 7.11 Å². The van der Waals surface area contributed by atoms with Gasteiger partial charge in [0.05, 0.1) is 24.1 Å². The van der Waals surface area contributed by atoms with Crippen LogP contribution in [0.2, 0.25) is 0 Å². The van der Waals surface area contributed by atoms with Gasteiger partial charge >= 0.3 is 0 Å². The van der Waals surface area contributed by atoms with Crippen LogP contribution in [0.15, 0.2) is 64.4 Å². The van der Waals surface area contributed by atoms with E-state index in [2.05, 4.69) is 20.4 Å². The maximum absolute atomic E-state index is 12.6. The van der Waals surface area contributed by atoms with Gasteiger partial charge in [-0.3, -0.25) is 9.59 Å². The minimum atomic E-state index is -0.365. The number of allylic oxidation sites excluding steroid dienone is 3. The van der Waals surface area contributed by atoms with E-state index in [-0.39, 0.29) is 23.7 Å². The summed E-state index contributed by atoms with van der Waals surface area (Å²) in [5.74, 6) is -0.572. The Bertz CT molecular complexity index is 914. The Hall–Kier alpha value is -2.90. The number of rotatable bonds is 6. The van der Waals surface area contributed by atoms with Gasteiger partial charge in [-0.25, -0.2) is 0 Å². The van der Waals surface area contributed by atoms with Crippen molar-refractivity contribution in [3.63, 3.8) is 0 Å². The Labute approximate surface area is 169 Å². The van der Waals surface area contributed by atoms with Crippen molar-refractivity contribution >= 4 is 23.2 Å². The van der Waals surface area contributed by atoms with Gasteiger partial charge < -0.3 is 15.0 Å². The number of methoxy groups -OCH3 is 1. The van der Waals surface area contributed by atoms with E-state index in [1.165, 1.54) is 0 Å². The van der Waals surface area contributed by atoms with Crippen molar-refractivity contribution < 1.29 is 14.3 Å². The van der Waals surface area contributed by atoms with E-state index in [9.17, 15) is 9.59 Å². The summed E-state index contributed by atoms with van der Waals surface area (Å²) in [7, 11) is 1.69. The first-order valence-electron chi connectivity index (χ1n) is 9.83. The lowest BCUT2D eigenvalue weighted by Gasteiger charge is -2.19. The highest BCUT2D eigenvalue weighted by atomic mass is 16.5. The molecule has 4 rings (SSSR count). The van der Waals surface area contributed by atoms with Gasteiger partial charge in [0.1, 0.15) is 0 Å². The van der Waals surface area contributed by atoms with Crippen LogP contribution < -0.4 is 5.32 Å². The lowest BCUT2D eigenvalue weighted by Crippen LogP contribution is -2.29. The predicted octanol–water partition coefficient (Wildman–Crippen LogP) is 3.04. The van der Waals surface area contributed by atoms with E-state index in [4.69, 9.17) is 4.74 Å². The SMILES string of the molecule is COCCN1CCC(C(=O)Nc2ccc(C3=C4C=CC=CC4C(=O)N=N3)cc2)C1. The fourth-order valence-electron chi connectivity index (χ4n) is 3.85. The molecule has 1 aromatic carbocycles. The number of benzene rings is 1. The third kappa shape index (κ3) is 4.26. The lowest BCUT2D eigenvalue weighted by molar-refractivity contribution is -0.120. The fraction of sp³-hybridized carbons (Fsp3) is 0.364. The zero-order valence-corrected chi connectivity index (χ0v) is 16.4. The van der Waals surface area contributed by atoms with Crippen LogP contribution in [0.4, 0.5) is 5.69 Å². The molecule has 1 saturated heterocycles. The highest BCUT2D eigenvalue weighted by Crippen LogP contribution is 2.34. The fourth-order valence-corrected chi connectivity index (χ4v) is 3.85. The molecule has 2 atom stereocenters. The largest absolute Gasteiger partial charge is 0.383 e. The Morgan fingerprint density at radius 3 is 2.86 bits per heavy atom. The highest BCUT2D eigenvalue weighted by Gasteiger charge is 2.29. The van der Waals surface area contributed by atoms with Gasteiger partial charge in [-0.05, 0) is 30.7 Å². The molecule has 0 aromatic heterocycles. The van der Waals surface area contributed by atoms with Gasteiger partial charge in [0.2, 0.25) is 5.91 Å². The number of carbonyl (C=O) groups excluding carboxylic acids is 2. The smallest absolute Gasteiger partial charge is 0.276 e. The van der Waals surface area contributed by atoms with E-state index >= 15 is 0 Å². The first-order valence-corrected chi connectivity index (χ1v) is 9.83. The predicted molar refractivity (Wildman–Crippen MR) is 110 cm³/mol. The summed E-state index contributed by atoms with van der Waals surface area (Å²) in [6.07, 6.45) is 8.34. The molecule has 0 radical (unpaired) electrons. The number of hydrogen-bond acceptors (Lipinski definition) is 5. The summed E-state index contributed by atoms with van der Waals surface area (Å²) in [5.41, 5.74) is 3.16. The number of hydrogen-bond donors (Lipinski definition) is 1. The molecule has 1 fully saturated rings. The second kappa shape index (κ2) is 8.63. The van der Waals surface area contributed by atoms with E-state index in [0.717, 1.165) is 42.9 Å². The number of anilines is 1.